The Hall–Kier alpha value is -2.09. The van der Waals surface area contributed by atoms with E-state index in [1.54, 1.807) is 0 Å². The van der Waals surface area contributed by atoms with Gasteiger partial charge in [-0.25, -0.2) is 18.0 Å². The first-order chi connectivity index (χ1) is 10.9. The number of halogens is 3. The highest BCUT2D eigenvalue weighted by Crippen LogP contribution is 2.37. The minimum Gasteiger partial charge on any atom is -0.480 e. The topological polar surface area (TPSA) is 75.6 Å². The Morgan fingerprint density at radius 1 is 1.30 bits per heavy atom. The first-order valence-electron chi connectivity index (χ1n) is 7.04. The number of amides is 1. The Balaban J connectivity index is 2.39. The van der Waals surface area contributed by atoms with Gasteiger partial charge in [-0.1, -0.05) is 6.07 Å². The molecule has 1 heterocycles. The van der Waals surface area contributed by atoms with E-state index in [0.717, 1.165) is 12.1 Å². The third-order valence-corrected chi connectivity index (χ3v) is 3.99. The average molecular weight is 331 g/mol. The Kier molecular flexibility index (Phi) is 5.25. The number of hydrogen-bond acceptors (Lipinski definition) is 3. The minimum absolute atomic E-state index is 0.0531. The predicted molar refractivity (Wildman–Crippen MR) is 73.6 cm³/mol. The molecule has 1 aromatic rings. The highest BCUT2D eigenvalue weighted by molar-refractivity contribution is 5.91. The predicted octanol–water partition coefficient (Wildman–Crippen LogP) is 1.55. The zero-order valence-corrected chi connectivity index (χ0v) is 12.2. The number of carbonyl (C=O) groups is 2. The molecule has 0 aromatic heterocycles. The van der Waals surface area contributed by atoms with Gasteiger partial charge in [-0.05, 0) is 18.9 Å². The Morgan fingerprint density at radius 2 is 1.96 bits per heavy atom. The Labute approximate surface area is 130 Å². The summed E-state index contributed by atoms with van der Waals surface area (Å²) in [6.07, 6.45) is 0.167. The highest BCUT2D eigenvalue weighted by atomic mass is 19.1. The van der Waals surface area contributed by atoms with Crippen LogP contribution in [0.5, 0.6) is 0 Å². The lowest BCUT2D eigenvalue weighted by Gasteiger charge is -2.37. The molecule has 1 amide bonds. The van der Waals surface area contributed by atoms with Crippen LogP contribution >= 0.6 is 0 Å². The van der Waals surface area contributed by atoms with E-state index in [-0.39, 0.29) is 31.6 Å². The fraction of sp³-hybridized carbons (Fsp3) is 0.467. The summed E-state index contributed by atoms with van der Waals surface area (Å²) in [5.74, 6) is -4.03. The van der Waals surface area contributed by atoms with Crippen LogP contribution in [0.1, 0.15) is 18.4 Å². The fourth-order valence-corrected chi connectivity index (χ4v) is 2.68. The van der Waals surface area contributed by atoms with Crippen molar-refractivity contribution in [2.75, 3.05) is 19.9 Å². The molecule has 23 heavy (non-hydrogen) atoms. The Bertz CT molecular complexity index is 602. The van der Waals surface area contributed by atoms with Gasteiger partial charge in [-0.2, -0.15) is 0 Å². The van der Waals surface area contributed by atoms with Gasteiger partial charge in [0.1, 0.15) is 18.3 Å². The quantitative estimate of drug-likeness (QED) is 0.858. The van der Waals surface area contributed by atoms with Crippen molar-refractivity contribution < 1.29 is 32.6 Å². The molecular formula is C15H16F3NO4. The lowest BCUT2D eigenvalue weighted by molar-refractivity contribution is -0.144. The van der Waals surface area contributed by atoms with Gasteiger partial charge in [0.05, 0.1) is 5.41 Å². The summed E-state index contributed by atoms with van der Waals surface area (Å²) >= 11 is 0. The van der Waals surface area contributed by atoms with Crippen LogP contribution in [0.25, 0.3) is 0 Å². The largest absolute Gasteiger partial charge is 0.480 e. The van der Waals surface area contributed by atoms with Crippen LogP contribution in [0.3, 0.4) is 0 Å². The monoisotopic (exact) mass is 331 g/mol. The third kappa shape index (κ3) is 3.47. The number of nitrogens with one attached hydrogen (secondary N) is 1. The van der Waals surface area contributed by atoms with Crippen molar-refractivity contribution in [3.8, 4) is 0 Å². The summed E-state index contributed by atoms with van der Waals surface area (Å²) in [7, 11) is 0. The molecule has 1 aliphatic heterocycles. The number of aliphatic carboxylic acids is 1. The molecule has 1 aromatic carbocycles. The van der Waals surface area contributed by atoms with Crippen LogP contribution in [0.15, 0.2) is 18.2 Å². The molecule has 0 saturated carbocycles. The number of hydrogen-bond donors (Lipinski definition) is 2. The summed E-state index contributed by atoms with van der Waals surface area (Å²) in [4.78, 5) is 23.5. The van der Waals surface area contributed by atoms with Gasteiger partial charge in [0.2, 0.25) is 5.91 Å². The number of carboxylic acid groups (broad SMARTS) is 1. The SMILES string of the molecule is O=C(O)C(CF)NC(=O)C1(c2ccc(F)cc2F)CCOCC1. The van der Waals surface area contributed by atoms with Crippen LogP contribution in [0, 0.1) is 11.6 Å². The number of carboxylic acids is 1. The summed E-state index contributed by atoms with van der Waals surface area (Å²) in [6.45, 7) is -0.991. The van der Waals surface area contributed by atoms with Crippen molar-refractivity contribution in [2.45, 2.75) is 24.3 Å². The molecule has 1 aliphatic rings. The highest BCUT2D eigenvalue weighted by Gasteiger charge is 2.44. The van der Waals surface area contributed by atoms with Crippen molar-refractivity contribution in [3.63, 3.8) is 0 Å². The zero-order valence-electron chi connectivity index (χ0n) is 12.2. The van der Waals surface area contributed by atoms with Gasteiger partial charge in [0.15, 0.2) is 6.04 Å². The van der Waals surface area contributed by atoms with Crippen LogP contribution in [0.4, 0.5) is 13.2 Å². The molecule has 126 valence electrons. The van der Waals surface area contributed by atoms with Crippen LogP contribution in [-0.4, -0.2) is 42.9 Å². The summed E-state index contributed by atoms with van der Waals surface area (Å²) < 4.78 is 45.2. The standard InChI is InChI=1S/C15H16F3NO4/c16-8-12(13(20)21)19-14(22)15(3-5-23-6-4-15)10-2-1-9(17)7-11(10)18/h1-2,7,12H,3-6,8H2,(H,19,22)(H,20,21). The van der Waals surface area contributed by atoms with Gasteiger partial charge in [-0.15, -0.1) is 0 Å². The molecule has 1 fully saturated rings. The van der Waals surface area contributed by atoms with E-state index >= 15 is 0 Å². The average Bonchev–Trinajstić information content (AvgIpc) is 2.52. The minimum atomic E-state index is -1.72. The first-order valence-corrected chi connectivity index (χ1v) is 7.04. The number of benzene rings is 1. The maximum atomic E-state index is 14.2. The first kappa shape index (κ1) is 17.3. The van der Waals surface area contributed by atoms with E-state index in [0.29, 0.717) is 6.07 Å². The molecule has 2 rings (SSSR count). The molecule has 1 unspecified atom stereocenters. The second-order valence-electron chi connectivity index (χ2n) is 5.34. The maximum Gasteiger partial charge on any atom is 0.328 e. The van der Waals surface area contributed by atoms with Crippen LogP contribution in [0.2, 0.25) is 0 Å². The molecular weight excluding hydrogens is 315 g/mol. The van der Waals surface area contributed by atoms with Crippen molar-refractivity contribution in [2.24, 2.45) is 0 Å². The van der Waals surface area contributed by atoms with Crippen molar-refractivity contribution in [1.82, 2.24) is 5.32 Å². The lowest BCUT2D eigenvalue weighted by Crippen LogP contribution is -2.53. The molecule has 8 heteroatoms. The van der Waals surface area contributed by atoms with E-state index in [9.17, 15) is 22.8 Å². The summed E-state index contributed by atoms with van der Waals surface area (Å²) in [5, 5.41) is 11.0. The van der Waals surface area contributed by atoms with E-state index in [2.05, 4.69) is 5.32 Å². The second kappa shape index (κ2) is 6.99. The molecule has 5 nitrogen and oxygen atoms in total. The van der Waals surface area contributed by atoms with Crippen molar-refractivity contribution >= 4 is 11.9 Å². The maximum absolute atomic E-state index is 14.2. The number of alkyl halides is 1. The van der Waals surface area contributed by atoms with Gasteiger partial charge in [0, 0.05) is 24.8 Å². The van der Waals surface area contributed by atoms with Crippen LogP contribution < -0.4 is 5.32 Å². The third-order valence-electron chi connectivity index (χ3n) is 3.99. The molecule has 1 atom stereocenters. The van der Waals surface area contributed by atoms with Crippen molar-refractivity contribution in [3.05, 3.63) is 35.4 Å². The van der Waals surface area contributed by atoms with Gasteiger partial charge in [0.25, 0.3) is 0 Å². The molecule has 0 radical (unpaired) electrons. The number of rotatable bonds is 5. The van der Waals surface area contributed by atoms with Crippen molar-refractivity contribution in [1.29, 1.82) is 0 Å². The summed E-state index contributed by atoms with van der Waals surface area (Å²) in [6, 6.07) is 1.11. The van der Waals surface area contributed by atoms with E-state index in [4.69, 9.17) is 9.84 Å². The normalized spacial score (nSPS) is 18.2. The fourth-order valence-electron chi connectivity index (χ4n) is 2.68. The molecule has 0 aliphatic carbocycles. The van der Waals surface area contributed by atoms with Gasteiger partial charge in [-0.3, -0.25) is 4.79 Å². The van der Waals surface area contributed by atoms with Gasteiger partial charge < -0.3 is 15.2 Å². The molecule has 0 spiro atoms. The van der Waals surface area contributed by atoms with E-state index in [1.807, 2.05) is 0 Å². The van der Waals surface area contributed by atoms with E-state index < -0.39 is 41.6 Å². The smallest absolute Gasteiger partial charge is 0.328 e. The van der Waals surface area contributed by atoms with Gasteiger partial charge >= 0.3 is 5.97 Å². The lowest BCUT2D eigenvalue weighted by atomic mass is 9.73. The molecule has 1 saturated heterocycles. The summed E-state index contributed by atoms with van der Waals surface area (Å²) in [5.41, 5.74) is -1.47. The molecule has 0 bridgehead atoms. The Morgan fingerprint density at radius 3 is 2.48 bits per heavy atom. The number of ether oxygens (including phenoxy) is 1. The van der Waals surface area contributed by atoms with Crippen LogP contribution in [-0.2, 0) is 19.7 Å². The second-order valence-corrected chi connectivity index (χ2v) is 5.34. The number of carbonyl (C=O) groups excluding carboxylic acids is 1. The zero-order chi connectivity index (χ0) is 17.0. The molecule has 2 N–H and O–H groups in total. The van der Waals surface area contributed by atoms with E-state index in [1.165, 1.54) is 0 Å².